The van der Waals surface area contributed by atoms with Crippen molar-refractivity contribution in [3.63, 3.8) is 0 Å². The summed E-state index contributed by atoms with van der Waals surface area (Å²) in [5.74, 6) is 2.26. The van der Waals surface area contributed by atoms with Gasteiger partial charge in [-0.15, -0.1) is 0 Å². The van der Waals surface area contributed by atoms with Crippen LogP contribution in [0, 0.1) is 6.92 Å². The lowest BCUT2D eigenvalue weighted by molar-refractivity contribution is 0.0839. The Morgan fingerprint density at radius 3 is 2.67 bits per heavy atom. The Labute approximate surface area is 112 Å². The Balaban J connectivity index is 1.95. The van der Waals surface area contributed by atoms with Gasteiger partial charge in [0.2, 0.25) is 0 Å². The Morgan fingerprint density at radius 2 is 2.11 bits per heavy atom. The number of hydrogen-bond donors (Lipinski definition) is 1. The molecule has 0 spiro atoms. The van der Waals surface area contributed by atoms with E-state index in [1.54, 1.807) is 0 Å². The van der Waals surface area contributed by atoms with Gasteiger partial charge in [0.25, 0.3) is 0 Å². The number of hydrogen-bond acceptors (Lipinski definition) is 4. The molecule has 0 radical (unpaired) electrons. The minimum atomic E-state index is -0.621. The van der Waals surface area contributed by atoms with Crippen LogP contribution in [-0.4, -0.2) is 33.8 Å². The second kappa shape index (κ2) is 4.07. The molecule has 1 aliphatic carbocycles. The monoisotopic (exact) mass is 267 g/mol. The van der Waals surface area contributed by atoms with Crippen molar-refractivity contribution >= 4 is 17.4 Å². The third-order valence-corrected chi connectivity index (χ3v) is 4.14. The van der Waals surface area contributed by atoms with Gasteiger partial charge in [-0.2, -0.15) is 0 Å². The number of aromatic nitrogens is 2. The molecule has 2 fully saturated rings. The minimum absolute atomic E-state index is 0.491. The van der Waals surface area contributed by atoms with Crippen LogP contribution in [0.5, 0.6) is 0 Å². The summed E-state index contributed by atoms with van der Waals surface area (Å²) in [6, 6.07) is 0. The van der Waals surface area contributed by atoms with E-state index in [9.17, 15) is 5.11 Å². The Bertz CT molecular complexity index is 485. The number of nitrogens with zero attached hydrogens (tertiary/aromatic N) is 3. The van der Waals surface area contributed by atoms with Crippen LogP contribution < -0.4 is 4.90 Å². The highest BCUT2D eigenvalue weighted by atomic mass is 35.5. The third kappa shape index (κ3) is 2.19. The summed E-state index contributed by atoms with van der Waals surface area (Å²) in [6.07, 6.45) is 3.10. The molecular weight excluding hydrogens is 250 g/mol. The molecule has 0 aromatic carbocycles. The first-order valence-corrected chi connectivity index (χ1v) is 6.85. The summed E-state index contributed by atoms with van der Waals surface area (Å²) < 4.78 is 0. The van der Waals surface area contributed by atoms with Crippen molar-refractivity contribution in [2.45, 2.75) is 44.6 Å². The van der Waals surface area contributed by atoms with Gasteiger partial charge in [-0.3, -0.25) is 0 Å². The normalized spacial score (nSPS) is 27.9. The van der Waals surface area contributed by atoms with Crippen LogP contribution in [0.4, 0.5) is 5.82 Å². The SMILES string of the molecule is Cc1c(Cl)nc(C2CC2)nc1N1CCC(C)(O)C1. The van der Waals surface area contributed by atoms with Crippen LogP contribution in [0.3, 0.4) is 0 Å². The first-order chi connectivity index (χ1) is 8.46. The van der Waals surface area contributed by atoms with Crippen molar-refractivity contribution in [2.24, 2.45) is 0 Å². The highest BCUT2D eigenvalue weighted by molar-refractivity contribution is 6.30. The molecule has 1 saturated heterocycles. The summed E-state index contributed by atoms with van der Waals surface area (Å²) in [6.45, 7) is 5.25. The lowest BCUT2D eigenvalue weighted by Gasteiger charge is -2.22. The molecule has 1 aromatic heterocycles. The van der Waals surface area contributed by atoms with Crippen molar-refractivity contribution in [1.82, 2.24) is 9.97 Å². The second-order valence-electron chi connectivity index (χ2n) is 5.76. The molecule has 2 heterocycles. The van der Waals surface area contributed by atoms with E-state index in [-0.39, 0.29) is 0 Å². The lowest BCUT2D eigenvalue weighted by Crippen LogP contribution is -2.30. The number of anilines is 1. The number of rotatable bonds is 2. The smallest absolute Gasteiger partial charge is 0.137 e. The molecule has 18 heavy (non-hydrogen) atoms. The van der Waals surface area contributed by atoms with Gasteiger partial charge in [-0.05, 0) is 33.1 Å². The van der Waals surface area contributed by atoms with E-state index in [4.69, 9.17) is 11.6 Å². The van der Waals surface area contributed by atoms with Crippen LogP contribution in [0.25, 0.3) is 0 Å². The molecule has 1 aliphatic heterocycles. The van der Waals surface area contributed by atoms with E-state index in [2.05, 4.69) is 14.9 Å². The molecule has 98 valence electrons. The minimum Gasteiger partial charge on any atom is -0.388 e. The van der Waals surface area contributed by atoms with Crippen molar-refractivity contribution in [3.05, 3.63) is 16.5 Å². The standard InChI is InChI=1S/C13H18ClN3O/c1-8-10(14)15-11(9-3-4-9)16-12(8)17-6-5-13(2,18)7-17/h9,18H,3-7H2,1-2H3. The third-order valence-electron chi connectivity index (χ3n) is 3.77. The van der Waals surface area contributed by atoms with Crippen molar-refractivity contribution < 1.29 is 5.11 Å². The van der Waals surface area contributed by atoms with E-state index in [1.807, 2.05) is 13.8 Å². The van der Waals surface area contributed by atoms with Gasteiger partial charge in [0.15, 0.2) is 0 Å². The highest BCUT2D eigenvalue weighted by Gasteiger charge is 2.34. The molecule has 0 bridgehead atoms. The number of β-amino-alcohol motifs (C(OH)–C–C–N with tert-alkyl or cyclic N) is 1. The predicted molar refractivity (Wildman–Crippen MR) is 71.2 cm³/mol. The fraction of sp³-hybridized carbons (Fsp3) is 0.692. The average Bonchev–Trinajstić information content (AvgIpc) is 3.07. The topological polar surface area (TPSA) is 49.2 Å². The Kier molecular flexibility index (Phi) is 2.75. The van der Waals surface area contributed by atoms with Crippen LogP contribution >= 0.6 is 11.6 Å². The molecule has 1 aromatic rings. The van der Waals surface area contributed by atoms with E-state index in [0.717, 1.165) is 43.0 Å². The molecular formula is C13H18ClN3O. The molecule has 1 unspecified atom stereocenters. The summed E-state index contributed by atoms with van der Waals surface area (Å²) in [4.78, 5) is 11.2. The first-order valence-electron chi connectivity index (χ1n) is 6.48. The molecule has 2 aliphatic rings. The van der Waals surface area contributed by atoms with Gasteiger partial charge in [0.1, 0.15) is 16.8 Å². The van der Waals surface area contributed by atoms with Crippen LogP contribution in [0.1, 0.15) is 43.5 Å². The Hall–Kier alpha value is -0.870. The maximum absolute atomic E-state index is 10.1. The summed E-state index contributed by atoms with van der Waals surface area (Å²) in [7, 11) is 0. The van der Waals surface area contributed by atoms with Gasteiger partial charge in [-0.25, -0.2) is 9.97 Å². The zero-order chi connectivity index (χ0) is 12.9. The van der Waals surface area contributed by atoms with Gasteiger partial charge >= 0.3 is 0 Å². The summed E-state index contributed by atoms with van der Waals surface area (Å²) >= 11 is 6.20. The Morgan fingerprint density at radius 1 is 1.39 bits per heavy atom. The molecule has 3 rings (SSSR count). The number of aliphatic hydroxyl groups is 1. The van der Waals surface area contributed by atoms with Crippen molar-refractivity contribution in [1.29, 1.82) is 0 Å². The largest absolute Gasteiger partial charge is 0.388 e. The number of halogens is 1. The molecule has 1 N–H and O–H groups in total. The second-order valence-corrected chi connectivity index (χ2v) is 6.12. The highest BCUT2D eigenvalue weighted by Crippen LogP contribution is 2.40. The maximum Gasteiger partial charge on any atom is 0.137 e. The van der Waals surface area contributed by atoms with Crippen molar-refractivity contribution in [2.75, 3.05) is 18.0 Å². The van der Waals surface area contributed by atoms with Crippen LogP contribution in [-0.2, 0) is 0 Å². The fourth-order valence-corrected chi connectivity index (χ4v) is 2.62. The molecule has 1 atom stereocenters. The molecule has 5 heteroatoms. The quantitative estimate of drug-likeness (QED) is 0.836. The lowest BCUT2D eigenvalue weighted by atomic mass is 10.1. The fourth-order valence-electron chi connectivity index (χ4n) is 2.45. The molecule has 4 nitrogen and oxygen atoms in total. The van der Waals surface area contributed by atoms with Gasteiger partial charge in [0, 0.05) is 24.6 Å². The maximum atomic E-state index is 10.1. The van der Waals surface area contributed by atoms with Crippen molar-refractivity contribution in [3.8, 4) is 0 Å². The van der Waals surface area contributed by atoms with Crippen LogP contribution in [0.2, 0.25) is 5.15 Å². The van der Waals surface area contributed by atoms with E-state index in [0.29, 0.717) is 17.6 Å². The van der Waals surface area contributed by atoms with E-state index >= 15 is 0 Å². The van der Waals surface area contributed by atoms with Gasteiger partial charge < -0.3 is 10.0 Å². The van der Waals surface area contributed by atoms with Gasteiger partial charge in [-0.1, -0.05) is 11.6 Å². The van der Waals surface area contributed by atoms with E-state index < -0.39 is 5.60 Å². The molecule has 0 amide bonds. The summed E-state index contributed by atoms with van der Waals surface area (Å²) in [5.41, 5.74) is 0.294. The average molecular weight is 268 g/mol. The zero-order valence-corrected chi connectivity index (χ0v) is 11.5. The molecule has 1 saturated carbocycles. The predicted octanol–water partition coefficient (Wildman–Crippen LogP) is 2.28. The van der Waals surface area contributed by atoms with Gasteiger partial charge in [0.05, 0.1) is 5.60 Å². The zero-order valence-electron chi connectivity index (χ0n) is 10.8. The first kappa shape index (κ1) is 12.2. The van der Waals surface area contributed by atoms with Crippen LogP contribution in [0.15, 0.2) is 0 Å². The van der Waals surface area contributed by atoms with E-state index in [1.165, 1.54) is 0 Å². The summed E-state index contributed by atoms with van der Waals surface area (Å²) in [5, 5.41) is 10.6.